The molecular formula is C17H14F4O3. The molecule has 0 saturated heterocycles. The fourth-order valence-electron chi connectivity index (χ4n) is 2.14. The van der Waals surface area contributed by atoms with Crippen molar-refractivity contribution in [1.29, 1.82) is 0 Å². The summed E-state index contributed by atoms with van der Waals surface area (Å²) >= 11 is 0. The van der Waals surface area contributed by atoms with Crippen molar-refractivity contribution in [2.45, 2.75) is 26.1 Å². The summed E-state index contributed by atoms with van der Waals surface area (Å²) in [6.45, 7) is 1.02. The Morgan fingerprint density at radius 2 is 1.75 bits per heavy atom. The van der Waals surface area contributed by atoms with E-state index in [-0.39, 0.29) is 29.9 Å². The summed E-state index contributed by atoms with van der Waals surface area (Å²) in [5.74, 6) is -1.61. The lowest BCUT2D eigenvalue weighted by Crippen LogP contribution is -2.05. The third-order valence-corrected chi connectivity index (χ3v) is 3.34. The maximum atomic E-state index is 14.1. The Hall–Kier alpha value is -2.57. The zero-order valence-electron chi connectivity index (χ0n) is 12.7. The first-order chi connectivity index (χ1) is 11.2. The second kappa shape index (κ2) is 6.90. The fraction of sp³-hybridized carbons (Fsp3) is 0.235. The molecule has 0 bridgehead atoms. The van der Waals surface area contributed by atoms with Crippen LogP contribution in [0.5, 0.6) is 5.75 Å². The van der Waals surface area contributed by atoms with Crippen LogP contribution in [0.15, 0.2) is 36.4 Å². The van der Waals surface area contributed by atoms with Crippen molar-refractivity contribution in [2.24, 2.45) is 0 Å². The number of benzene rings is 2. The first-order valence-corrected chi connectivity index (χ1v) is 6.96. The van der Waals surface area contributed by atoms with E-state index in [1.807, 2.05) is 0 Å². The second-order valence-corrected chi connectivity index (χ2v) is 5.23. The van der Waals surface area contributed by atoms with Crippen LogP contribution in [-0.4, -0.2) is 11.1 Å². The Labute approximate surface area is 135 Å². The van der Waals surface area contributed by atoms with E-state index in [2.05, 4.69) is 0 Å². The Kier molecular flexibility index (Phi) is 5.11. The maximum absolute atomic E-state index is 14.1. The number of aromatic hydroxyl groups is 1. The van der Waals surface area contributed by atoms with Crippen molar-refractivity contribution < 1.29 is 32.2 Å². The van der Waals surface area contributed by atoms with Crippen LogP contribution in [0.25, 0.3) is 0 Å². The molecule has 2 aromatic rings. The largest absolute Gasteiger partial charge is 0.508 e. The number of phenols is 1. The molecule has 0 atom stereocenters. The molecule has 0 radical (unpaired) electrons. The third-order valence-electron chi connectivity index (χ3n) is 3.34. The average Bonchev–Trinajstić information content (AvgIpc) is 2.48. The zero-order chi connectivity index (χ0) is 17.9. The molecule has 0 spiro atoms. The Bertz CT molecular complexity index is 713. The molecule has 0 aliphatic heterocycles. The Morgan fingerprint density at radius 3 is 2.25 bits per heavy atom. The van der Waals surface area contributed by atoms with Gasteiger partial charge in [0.05, 0.1) is 5.56 Å². The van der Waals surface area contributed by atoms with Crippen LogP contribution < -0.4 is 0 Å². The molecule has 0 aromatic heterocycles. The summed E-state index contributed by atoms with van der Waals surface area (Å²) in [5, 5.41) is 9.92. The molecule has 2 rings (SSSR count). The number of hydrogen-bond donors (Lipinski definition) is 1. The summed E-state index contributed by atoms with van der Waals surface area (Å²) in [6.07, 6.45) is -4.51. The number of rotatable bonds is 4. The van der Waals surface area contributed by atoms with Crippen molar-refractivity contribution >= 4 is 5.97 Å². The van der Waals surface area contributed by atoms with Gasteiger partial charge < -0.3 is 9.84 Å². The molecule has 0 heterocycles. The lowest BCUT2D eigenvalue weighted by atomic mass is 10.0. The highest BCUT2D eigenvalue weighted by molar-refractivity contribution is 5.65. The van der Waals surface area contributed by atoms with Crippen molar-refractivity contribution in [3.8, 4) is 5.75 Å². The van der Waals surface area contributed by atoms with E-state index < -0.39 is 23.5 Å². The number of hydrogen-bond acceptors (Lipinski definition) is 3. The molecule has 128 valence electrons. The molecule has 3 nitrogen and oxygen atoms in total. The predicted molar refractivity (Wildman–Crippen MR) is 77.8 cm³/mol. The first kappa shape index (κ1) is 17.8. The predicted octanol–water partition coefficient (Wildman–Crippen LogP) is 4.20. The number of carbonyl (C=O) groups excluding carboxylic acids is 1. The summed E-state index contributed by atoms with van der Waals surface area (Å²) < 4.78 is 56.4. The van der Waals surface area contributed by atoms with E-state index in [0.29, 0.717) is 5.56 Å². The number of esters is 1. The van der Waals surface area contributed by atoms with Gasteiger partial charge in [-0.25, -0.2) is 4.39 Å². The fourth-order valence-corrected chi connectivity index (χ4v) is 2.14. The van der Waals surface area contributed by atoms with Gasteiger partial charge in [0.15, 0.2) is 0 Å². The average molecular weight is 342 g/mol. The molecular weight excluding hydrogens is 328 g/mol. The topological polar surface area (TPSA) is 46.5 Å². The van der Waals surface area contributed by atoms with Gasteiger partial charge in [-0.05, 0) is 35.4 Å². The zero-order valence-corrected chi connectivity index (χ0v) is 12.7. The lowest BCUT2D eigenvalue weighted by Gasteiger charge is -2.11. The number of halogens is 4. The monoisotopic (exact) mass is 342 g/mol. The smallest absolute Gasteiger partial charge is 0.416 e. The molecule has 0 amide bonds. The molecule has 0 saturated carbocycles. The molecule has 7 heteroatoms. The highest BCUT2D eigenvalue weighted by atomic mass is 19.4. The van der Waals surface area contributed by atoms with Crippen LogP contribution in [0, 0.1) is 5.82 Å². The van der Waals surface area contributed by atoms with Crippen molar-refractivity contribution in [3.63, 3.8) is 0 Å². The Morgan fingerprint density at radius 1 is 1.12 bits per heavy atom. The molecule has 0 unspecified atom stereocenters. The minimum atomic E-state index is -4.44. The molecule has 24 heavy (non-hydrogen) atoms. The van der Waals surface area contributed by atoms with Crippen molar-refractivity contribution in [1.82, 2.24) is 0 Å². The first-order valence-electron chi connectivity index (χ1n) is 6.96. The van der Waals surface area contributed by atoms with E-state index in [9.17, 15) is 27.5 Å². The van der Waals surface area contributed by atoms with Gasteiger partial charge in [-0.15, -0.1) is 0 Å². The number of ether oxygens (including phenoxy) is 1. The van der Waals surface area contributed by atoms with E-state index in [1.165, 1.54) is 25.1 Å². The van der Waals surface area contributed by atoms with Crippen molar-refractivity contribution in [3.05, 3.63) is 64.5 Å². The van der Waals surface area contributed by atoms with Gasteiger partial charge in [0.2, 0.25) is 0 Å². The normalized spacial score (nSPS) is 11.4. The summed E-state index contributed by atoms with van der Waals surface area (Å²) in [7, 11) is 0. The summed E-state index contributed by atoms with van der Waals surface area (Å²) in [5.41, 5.74) is -0.143. The van der Waals surface area contributed by atoms with Gasteiger partial charge in [-0.2, -0.15) is 13.2 Å². The van der Waals surface area contributed by atoms with Gasteiger partial charge in [0, 0.05) is 18.9 Å². The van der Waals surface area contributed by atoms with Crippen molar-refractivity contribution in [2.75, 3.05) is 0 Å². The molecule has 0 fully saturated rings. The van der Waals surface area contributed by atoms with E-state index in [0.717, 1.165) is 18.2 Å². The Balaban J connectivity index is 2.19. The van der Waals surface area contributed by atoms with Crippen LogP contribution in [0.3, 0.4) is 0 Å². The molecule has 1 N–H and O–H groups in total. The van der Waals surface area contributed by atoms with E-state index in [4.69, 9.17) is 4.74 Å². The molecule has 2 aromatic carbocycles. The van der Waals surface area contributed by atoms with Crippen LogP contribution >= 0.6 is 0 Å². The van der Waals surface area contributed by atoms with Crippen LogP contribution in [0.2, 0.25) is 0 Å². The SMILES string of the molecule is CC(=O)OCc1cc(O)c(Cc2ccc(C(F)(F)F)cc2)c(F)c1. The van der Waals surface area contributed by atoms with Crippen LogP contribution in [0.1, 0.15) is 29.2 Å². The van der Waals surface area contributed by atoms with Gasteiger partial charge in [-0.3, -0.25) is 4.79 Å². The van der Waals surface area contributed by atoms with Crippen LogP contribution in [-0.2, 0) is 28.7 Å². The molecule has 0 aliphatic carbocycles. The van der Waals surface area contributed by atoms with Gasteiger partial charge in [0.1, 0.15) is 18.2 Å². The third kappa shape index (κ3) is 4.47. The summed E-state index contributed by atoms with van der Waals surface area (Å²) in [4.78, 5) is 10.7. The van der Waals surface area contributed by atoms with E-state index >= 15 is 0 Å². The standard InChI is InChI=1S/C17H14F4O3/c1-10(22)24-9-12-7-15(18)14(16(23)8-12)6-11-2-4-13(5-3-11)17(19,20)21/h2-5,7-8,23H,6,9H2,1H3. The number of phenolic OH excluding ortho intramolecular Hbond substituents is 1. The van der Waals surface area contributed by atoms with Gasteiger partial charge >= 0.3 is 12.1 Å². The minimum absolute atomic E-state index is 0.0404. The minimum Gasteiger partial charge on any atom is -0.508 e. The lowest BCUT2D eigenvalue weighted by molar-refractivity contribution is -0.142. The van der Waals surface area contributed by atoms with Gasteiger partial charge in [-0.1, -0.05) is 12.1 Å². The highest BCUT2D eigenvalue weighted by Gasteiger charge is 2.30. The summed E-state index contributed by atoms with van der Waals surface area (Å²) in [6, 6.07) is 6.63. The number of carbonyl (C=O) groups is 1. The maximum Gasteiger partial charge on any atom is 0.416 e. The molecule has 0 aliphatic rings. The number of alkyl halides is 3. The van der Waals surface area contributed by atoms with E-state index in [1.54, 1.807) is 0 Å². The van der Waals surface area contributed by atoms with Gasteiger partial charge in [0.25, 0.3) is 0 Å². The van der Waals surface area contributed by atoms with Crippen LogP contribution in [0.4, 0.5) is 17.6 Å². The second-order valence-electron chi connectivity index (χ2n) is 5.23. The highest BCUT2D eigenvalue weighted by Crippen LogP contribution is 2.30. The quantitative estimate of drug-likeness (QED) is 0.669.